The number of hydrogen-bond acceptors (Lipinski definition) is 3. The number of aliphatic hydroxyl groups is 1. The van der Waals surface area contributed by atoms with Gasteiger partial charge in [-0.3, -0.25) is 0 Å². The fraction of sp³-hybridized carbons (Fsp3) is 1.00. The van der Waals surface area contributed by atoms with Crippen molar-refractivity contribution in [3.05, 3.63) is 0 Å². The summed E-state index contributed by atoms with van der Waals surface area (Å²) in [4.78, 5) is 2.18. The van der Waals surface area contributed by atoms with Crippen molar-refractivity contribution in [2.45, 2.75) is 31.0 Å². The van der Waals surface area contributed by atoms with Crippen LogP contribution in [0.5, 0.6) is 0 Å². The van der Waals surface area contributed by atoms with Crippen molar-refractivity contribution in [1.82, 2.24) is 10.2 Å². The molecule has 2 fully saturated rings. The highest BCUT2D eigenvalue weighted by Crippen LogP contribution is 2.45. The van der Waals surface area contributed by atoms with E-state index in [-0.39, 0.29) is 18.8 Å². The van der Waals surface area contributed by atoms with Crippen LogP contribution in [0.25, 0.3) is 0 Å². The average Bonchev–Trinajstić information content (AvgIpc) is 2.62. The maximum atomic E-state index is 12.6. The molecular weight excluding hydrogens is 233 g/mol. The van der Waals surface area contributed by atoms with Gasteiger partial charge in [-0.05, 0) is 25.2 Å². The third-order valence-electron chi connectivity index (χ3n) is 3.85. The molecule has 1 heterocycles. The van der Waals surface area contributed by atoms with Gasteiger partial charge in [0.05, 0.1) is 0 Å². The minimum Gasteiger partial charge on any atom is -0.380 e. The first-order valence-corrected chi connectivity index (χ1v) is 6.13. The maximum Gasteiger partial charge on any atom is 0.417 e. The standard InChI is InChI=1S/C11H19F3N2O/c12-11(13,14)10(17)2-1-9(7-10)8-16-5-3-15-4-6-16/h9,15,17H,1-8H2. The van der Waals surface area contributed by atoms with Gasteiger partial charge in [-0.15, -0.1) is 0 Å². The quantitative estimate of drug-likeness (QED) is 0.769. The zero-order valence-corrected chi connectivity index (χ0v) is 9.76. The molecule has 0 aromatic heterocycles. The van der Waals surface area contributed by atoms with Crippen molar-refractivity contribution < 1.29 is 18.3 Å². The van der Waals surface area contributed by atoms with Gasteiger partial charge in [-0.1, -0.05) is 0 Å². The number of halogens is 3. The SMILES string of the molecule is OC1(C(F)(F)F)CCC(CN2CCNCC2)C1. The molecule has 2 rings (SSSR count). The molecule has 0 aromatic rings. The van der Waals surface area contributed by atoms with Crippen LogP contribution in [-0.4, -0.2) is 54.5 Å². The molecule has 3 nitrogen and oxygen atoms in total. The fourth-order valence-corrected chi connectivity index (χ4v) is 2.80. The summed E-state index contributed by atoms with van der Waals surface area (Å²) in [7, 11) is 0. The van der Waals surface area contributed by atoms with Crippen LogP contribution in [0.4, 0.5) is 13.2 Å². The monoisotopic (exact) mass is 252 g/mol. The van der Waals surface area contributed by atoms with Gasteiger partial charge in [0, 0.05) is 32.7 Å². The van der Waals surface area contributed by atoms with Crippen molar-refractivity contribution in [1.29, 1.82) is 0 Å². The Hall–Kier alpha value is -0.330. The molecule has 2 N–H and O–H groups in total. The van der Waals surface area contributed by atoms with Gasteiger partial charge < -0.3 is 15.3 Å². The fourth-order valence-electron chi connectivity index (χ4n) is 2.80. The smallest absolute Gasteiger partial charge is 0.380 e. The Morgan fingerprint density at radius 3 is 2.47 bits per heavy atom. The largest absolute Gasteiger partial charge is 0.417 e. The first-order valence-electron chi connectivity index (χ1n) is 6.13. The predicted octanol–water partition coefficient (Wildman–Crippen LogP) is 0.985. The molecule has 0 bridgehead atoms. The van der Waals surface area contributed by atoms with Gasteiger partial charge in [0.15, 0.2) is 5.60 Å². The van der Waals surface area contributed by atoms with Crippen LogP contribution in [0.3, 0.4) is 0 Å². The molecule has 100 valence electrons. The number of alkyl halides is 3. The summed E-state index contributed by atoms with van der Waals surface area (Å²) in [6.07, 6.45) is -4.29. The van der Waals surface area contributed by atoms with E-state index in [1.54, 1.807) is 0 Å². The van der Waals surface area contributed by atoms with Crippen LogP contribution in [0.1, 0.15) is 19.3 Å². The van der Waals surface area contributed by atoms with E-state index in [4.69, 9.17) is 0 Å². The Labute approximate surface area is 99.0 Å². The summed E-state index contributed by atoms with van der Waals surface area (Å²) < 4.78 is 37.9. The molecule has 1 aliphatic carbocycles. The zero-order valence-electron chi connectivity index (χ0n) is 9.76. The van der Waals surface area contributed by atoms with E-state index in [1.807, 2.05) is 0 Å². The zero-order chi connectivity index (χ0) is 12.5. The third-order valence-corrected chi connectivity index (χ3v) is 3.85. The van der Waals surface area contributed by atoms with Gasteiger partial charge >= 0.3 is 6.18 Å². The second kappa shape index (κ2) is 4.74. The van der Waals surface area contributed by atoms with Crippen molar-refractivity contribution in [3.8, 4) is 0 Å². The van der Waals surface area contributed by atoms with Gasteiger partial charge in [0.2, 0.25) is 0 Å². The van der Waals surface area contributed by atoms with Crippen molar-refractivity contribution in [2.75, 3.05) is 32.7 Å². The van der Waals surface area contributed by atoms with E-state index in [2.05, 4.69) is 10.2 Å². The van der Waals surface area contributed by atoms with E-state index >= 15 is 0 Å². The highest BCUT2D eigenvalue weighted by Gasteiger charge is 2.57. The van der Waals surface area contributed by atoms with Crippen LogP contribution in [0.2, 0.25) is 0 Å². The Bertz CT molecular complexity index is 266. The van der Waals surface area contributed by atoms with Crippen LogP contribution in [0, 0.1) is 5.92 Å². The van der Waals surface area contributed by atoms with E-state index in [0.29, 0.717) is 13.0 Å². The molecule has 2 atom stereocenters. The second-order valence-electron chi connectivity index (χ2n) is 5.19. The molecule has 1 saturated carbocycles. The van der Waals surface area contributed by atoms with Gasteiger partial charge in [0.1, 0.15) is 0 Å². The number of hydrogen-bond donors (Lipinski definition) is 2. The van der Waals surface area contributed by atoms with Crippen molar-refractivity contribution in [2.24, 2.45) is 5.92 Å². The normalized spacial score (nSPS) is 36.4. The summed E-state index contributed by atoms with van der Waals surface area (Å²) in [5, 5.41) is 12.8. The molecule has 17 heavy (non-hydrogen) atoms. The number of piperazine rings is 1. The van der Waals surface area contributed by atoms with Crippen LogP contribution in [0.15, 0.2) is 0 Å². The Balaban J connectivity index is 1.85. The molecule has 0 amide bonds. The maximum absolute atomic E-state index is 12.6. The Morgan fingerprint density at radius 2 is 1.94 bits per heavy atom. The first kappa shape index (κ1) is 13.1. The minimum absolute atomic E-state index is 0.0280. The van der Waals surface area contributed by atoms with Gasteiger partial charge in [-0.25, -0.2) is 0 Å². The average molecular weight is 252 g/mol. The minimum atomic E-state index is -4.48. The highest BCUT2D eigenvalue weighted by atomic mass is 19.4. The molecule has 0 radical (unpaired) electrons. The lowest BCUT2D eigenvalue weighted by Crippen LogP contribution is -2.46. The summed E-state index contributed by atoms with van der Waals surface area (Å²) in [6, 6.07) is 0. The molecule has 2 unspecified atom stereocenters. The van der Waals surface area contributed by atoms with Crippen LogP contribution >= 0.6 is 0 Å². The van der Waals surface area contributed by atoms with E-state index in [0.717, 1.165) is 26.2 Å². The lowest BCUT2D eigenvalue weighted by molar-refractivity contribution is -0.258. The Morgan fingerprint density at radius 1 is 1.29 bits per heavy atom. The molecular formula is C11H19F3N2O. The van der Waals surface area contributed by atoms with E-state index in [1.165, 1.54) is 0 Å². The number of rotatable bonds is 2. The lowest BCUT2D eigenvalue weighted by Gasteiger charge is -2.30. The third kappa shape index (κ3) is 2.92. The topological polar surface area (TPSA) is 35.5 Å². The first-order chi connectivity index (χ1) is 7.91. The second-order valence-corrected chi connectivity index (χ2v) is 5.19. The summed E-state index contributed by atoms with van der Waals surface area (Å²) in [6.45, 7) is 4.26. The molecule has 1 aliphatic heterocycles. The molecule has 2 aliphatic rings. The van der Waals surface area contributed by atoms with Crippen molar-refractivity contribution >= 4 is 0 Å². The molecule has 1 saturated heterocycles. The van der Waals surface area contributed by atoms with Crippen molar-refractivity contribution in [3.63, 3.8) is 0 Å². The highest BCUT2D eigenvalue weighted by molar-refractivity contribution is 4.95. The molecule has 6 heteroatoms. The van der Waals surface area contributed by atoms with Crippen LogP contribution in [-0.2, 0) is 0 Å². The molecule has 0 aromatic carbocycles. The summed E-state index contributed by atoms with van der Waals surface area (Å²) >= 11 is 0. The lowest BCUT2D eigenvalue weighted by atomic mass is 9.99. The summed E-state index contributed by atoms with van der Waals surface area (Å²) in [5.74, 6) is -0.0280. The number of nitrogens with one attached hydrogen (secondary N) is 1. The molecule has 0 spiro atoms. The number of nitrogens with zero attached hydrogens (tertiary/aromatic N) is 1. The summed E-state index contributed by atoms with van der Waals surface area (Å²) in [5.41, 5.74) is -2.44. The van der Waals surface area contributed by atoms with Gasteiger partial charge in [0.25, 0.3) is 0 Å². The van der Waals surface area contributed by atoms with Gasteiger partial charge in [-0.2, -0.15) is 13.2 Å². The Kier molecular flexibility index (Phi) is 3.66. The van der Waals surface area contributed by atoms with E-state index < -0.39 is 11.8 Å². The predicted molar refractivity (Wildman–Crippen MR) is 57.7 cm³/mol. The van der Waals surface area contributed by atoms with Crippen LogP contribution < -0.4 is 5.32 Å². The van der Waals surface area contributed by atoms with E-state index in [9.17, 15) is 18.3 Å².